The highest BCUT2D eigenvalue weighted by molar-refractivity contribution is 7.61. The number of rotatable bonds is 13. The number of aliphatic hydroxyl groups is 5. The number of aromatic amines is 1. The summed E-state index contributed by atoms with van der Waals surface area (Å²) in [6.45, 7) is 0.795. The zero-order valence-corrected chi connectivity index (χ0v) is 29.3. The zero-order chi connectivity index (χ0) is 38.6. The topological polar surface area (TPSA) is 363 Å². The van der Waals surface area contributed by atoms with Crippen LogP contribution in [0.2, 0.25) is 0 Å². The van der Waals surface area contributed by atoms with Crippen molar-refractivity contribution < 1.29 is 62.5 Å². The Hall–Kier alpha value is -4.13. The summed E-state index contributed by atoms with van der Waals surface area (Å²) in [5, 5.41) is 53.0. The van der Waals surface area contributed by atoms with Crippen LogP contribution in [0.25, 0.3) is 33.7 Å². The van der Waals surface area contributed by atoms with E-state index in [0.29, 0.717) is 5.52 Å². The van der Waals surface area contributed by atoms with Crippen LogP contribution in [0.1, 0.15) is 17.4 Å². The number of fused-ring (bicyclic) bond motifs is 3. The van der Waals surface area contributed by atoms with Gasteiger partial charge in [-0.2, -0.15) is 9.29 Å². The van der Waals surface area contributed by atoms with Crippen molar-refractivity contribution in [1.29, 1.82) is 0 Å². The van der Waals surface area contributed by atoms with E-state index in [4.69, 9.17) is 15.0 Å². The smallest absolute Gasteiger partial charge is 0.388 e. The van der Waals surface area contributed by atoms with E-state index >= 15 is 0 Å². The summed E-state index contributed by atoms with van der Waals surface area (Å²) < 4.78 is 46.6. The number of anilines is 1. The number of nitrogens with one attached hydrogen (secondary N) is 1. The molecule has 0 saturated carbocycles. The van der Waals surface area contributed by atoms with Gasteiger partial charge in [0.1, 0.15) is 48.5 Å². The van der Waals surface area contributed by atoms with Gasteiger partial charge in [-0.25, -0.2) is 33.9 Å². The molecule has 3 aliphatic heterocycles. The first-order chi connectivity index (χ1) is 24.9. The van der Waals surface area contributed by atoms with Gasteiger partial charge >= 0.3 is 21.3 Å². The third kappa shape index (κ3) is 7.91. The quantitative estimate of drug-likeness (QED) is 0.0443. The number of hydrogen-bond donors (Lipinski definition) is 9. The largest absolute Gasteiger partial charge is 0.481 e. The normalized spacial score (nSPS) is 23.3. The van der Waals surface area contributed by atoms with Crippen molar-refractivity contribution in [3.63, 3.8) is 0 Å². The number of phosphoric acid groups is 2. The Morgan fingerprint density at radius 2 is 1.68 bits per heavy atom. The molecule has 53 heavy (non-hydrogen) atoms. The number of ether oxygens (including phenoxy) is 1. The first-order valence-corrected chi connectivity index (χ1v) is 18.4. The summed E-state index contributed by atoms with van der Waals surface area (Å²) in [5.41, 5.74) is 6.11. The maximum atomic E-state index is 12.5. The van der Waals surface area contributed by atoms with Crippen LogP contribution in [0, 0.1) is 13.8 Å². The van der Waals surface area contributed by atoms with Crippen molar-refractivity contribution in [3.8, 4) is 11.5 Å². The Morgan fingerprint density at radius 3 is 2.42 bits per heavy atom. The van der Waals surface area contributed by atoms with Crippen molar-refractivity contribution in [3.05, 3.63) is 56.8 Å². The van der Waals surface area contributed by atoms with Gasteiger partial charge in [-0.1, -0.05) is 0 Å². The second kappa shape index (κ2) is 14.6. The van der Waals surface area contributed by atoms with Gasteiger partial charge in [0, 0.05) is 0 Å². The predicted molar refractivity (Wildman–Crippen MR) is 177 cm³/mol. The molecule has 5 heterocycles. The minimum atomic E-state index is -5.54. The molecule has 286 valence electrons. The molecular weight excluding hydrogens is 752 g/mol. The SMILES string of the molecule is Cc1cc2nc3c(=O)[nH]c(=O)nc-3n(C[C@H](O)[C@H](O)[C@H](O)COP(=O)(O)OP(=O)(O)OCC3O[C@@H](n4cnc5c(N)ncnc54)[C@H](O)[C@@H]3O)c2cc1C. The average Bonchev–Trinajstić information content (AvgIpc) is 3.63. The fraction of sp³-hybridized carbons (Fsp3) is 0.444. The maximum absolute atomic E-state index is 12.5. The van der Waals surface area contributed by atoms with E-state index in [0.717, 1.165) is 17.5 Å². The van der Waals surface area contributed by atoms with Crippen molar-refractivity contribution in [2.75, 3.05) is 18.9 Å². The van der Waals surface area contributed by atoms with Gasteiger partial charge in [0.05, 0.1) is 37.1 Å². The van der Waals surface area contributed by atoms with E-state index < -0.39 is 89.5 Å². The molecule has 1 aromatic carbocycles. The van der Waals surface area contributed by atoms with Crippen molar-refractivity contribution in [2.24, 2.45) is 0 Å². The lowest BCUT2D eigenvalue weighted by Crippen LogP contribution is -2.42. The Balaban J connectivity index is 1.07. The van der Waals surface area contributed by atoms with E-state index in [9.17, 15) is 54.0 Å². The molecule has 3 aromatic rings. The molecule has 26 heteroatoms. The molecule has 24 nitrogen and oxygen atoms in total. The zero-order valence-electron chi connectivity index (χ0n) is 27.5. The molecule has 3 aliphatic rings. The molecule has 9 atom stereocenters. The van der Waals surface area contributed by atoms with Gasteiger partial charge in [0.25, 0.3) is 5.56 Å². The number of H-pyrrole nitrogens is 1. The number of nitrogens with two attached hydrogens (primary N) is 1. The number of nitrogens with zero attached hydrogens (tertiary/aromatic N) is 7. The van der Waals surface area contributed by atoms with Crippen LogP contribution in [-0.2, 0) is 33.8 Å². The first kappa shape index (κ1) is 38.6. The number of phosphoric ester groups is 2. The molecule has 0 aliphatic carbocycles. The fourth-order valence-corrected chi connectivity index (χ4v) is 7.65. The maximum Gasteiger partial charge on any atom is 0.481 e. The number of nitrogen functional groups attached to an aromatic ring is 1. The molecule has 10 N–H and O–H groups in total. The van der Waals surface area contributed by atoms with Crippen molar-refractivity contribution in [1.82, 2.24) is 39.0 Å². The van der Waals surface area contributed by atoms with Crippen LogP contribution in [-0.4, -0.2) is 124 Å². The highest BCUT2D eigenvalue weighted by Crippen LogP contribution is 2.60. The third-order valence-corrected chi connectivity index (χ3v) is 11.0. The molecule has 0 spiro atoms. The summed E-state index contributed by atoms with van der Waals surface area (Å²) >= 11 is 0. The molecule has 6 rings (SSSR count). The summed E-state index contributed by atoms with van der Waals surface area (Å²) in [6, 6.07) is 3.29. The molecule has 3 unspecified atom stereocenters. The average molecular weight is 786 g/mol. The number of aliphatic hydroxyl groups excluding tert-OH is 5. The second-order valence-electron chi connectivity index (χ2n) is 12.1. The van der Waals surface area contributed by atoms with E-state index in [1.165, 1.54) is 15.5 Å². The van der Waals surface area contributed by atoms with Crippen molar-refractivity contribution in [2.45, 2.75) is 63.2 Å². The Bertz CT molecular complexity index is 2350. The Labute approximate surface area is 295 Å². The highest BCUT2D eigenvalue weighted by Gasteiger charge is 2.46. The summed E-state index contributed by atoms with van der Waals surface area (Å²) in [5.74, 6) is -0.212. The summed E-state index contributed by atoms with van der Waals surface area (Å²) in [6.07, 6.45) is -9.93. The van der Waals surface area contributed by atoms with Gasteiger partial charge in [-0.3, -0.25) is 23.4 Å². The first-order valence-electron chi connectivity index (χ1n) is 15.4. The van der Waals surface area contributed by atoms with Gasteiger partial charge in [-0.15, -0.1) is 0 Å². The van der Waals surface area contributed by atoms with Gasteiger partial charge in [-0.05, 0) is 37.1 Å². The van der Waals surface area contributed by atoms with Gasteiger partial charge < -0.3 is 50.4 Å². The molecular formula is C27H33N9O15P2. The second-order valence-corrected chi connectivity index (χ2v) is 15.1. The highest BCUT2D eigenvalue weighted by atomic mass is 31.3. The number of aryl methyl sites for hydroxylation is 2. The summed E-state index contributed by atoms with van der Waals surface area (Å²) in [4.78, 5) is 66.6. The Morgan fingerprint density at radius 1 is 0.981 bits per heavy atom. The molecule has 0 radical (unpaired) electrons. The van der Waals surface area contributed by atoms with Gasteiger partial charge in [0.2, 0.25) is 0 Å². The van der Waals surface area contributed by atoms with Crippen LogP contribution >= 0.6 is 15.6 Å². The molecule has 0 amide bonds. The Kier molecular flexibility index (Phi) is 10.6. The van der Waals surface area contributed by atoms with Crippen molar-refractivity contribution >= 4 is 43.7 Å². The number of hydrogen-bond acceptors (Lipinski definition) is 19. The van der Waals surface area contributed by atoms with E-state index in [1.54, 1.807) is 26.0 Å². The lowest BCUT2D eigenvalue weighted by Gasteiger charge is -2.26. The van der Waals surface area contributed by atoms with E-state index in [-0.39, 0.29) is 34.0 Å². The van der Waals surface area contributed by atoms with Crippen LogP contribution < -0.4 is 17.0 Å². The monoisotopic (exact) mass is 785 g/mol. The predicted octanol–water partition coefficient (Wildman–Crippen LogP) is -2.42. The van der Waals surface area contributed by atoms with E-state index in [2.05, 4.69) is 33.8 Å². The van der Waals surface area contributed by atoms with Crippen LogP contribution in [0.15, 0.2) is 34.4 Å². The molecule has 1 saturated heterocycles. The van der Waals surface area contributed by atoms with Crippen LogP contribution in [0.4, 0.5) is 5.82 Å². The number of aromatic nitrogens is 8. The van der Waals surface area contributed by atoms with E-state index in [1.807, 2.05) is 4.98 Å². The number of imidazole rings is 1. The number of benzene rings is 1. The lowest BCUT2D eigenvalue weighted by atomic mass is 10.1. The summed E-state index contributed by atoms with van der Waals surface area (Å²) in [7, 11) is -11.0. The molecule has 1 fully saturated rings. The van der Waals surface area contributed by atoms with Crippen LogP contribution in [0.5, 0.6) is 0 Å². The molecule has 0 bridgehead atoms. The minimum absolute atomic E-state index is 0.0293. The standard InChI is InChI=1S/C27H33N9O15P2/c1-10-3-12-13(4-11(10)2)35(24-18(32-12)25(42)34-27(43)33-24)5-14(37)19(39)15(38)6-48-52(44,45)51-53(46,47)49-7-16-20(40)21(41)26(50-16)36-9-31-17-22(28)29-8-30-23(17)36/h3-4,8-9,14-16,19-21,26,37-41H,5-7H2,1-2H3,(H,44,45)(H,46,47)(H2,28,29,30)(H,34,42,43)/t14-,15+,16?,19-,20+,21+,26+/m0/s1. The van der Waals surface area contributed by atoms with Gasteiger partial charge in [0.15, 0.2) is 29.2 Å². The van der Waals surface area contributed by atoms with Crippen LogP contribution in [0.3, 0.4) is 0 Å². The third-order valence-electron chi connectivity index (χ3n) is 8.40. The fourth-order valence-electron chi connectivity index (χ4n) is 5.55. The lowest BCUT2D eigenvalue weighted by molar-refractivity contribution is -0.0794. The molecule has 2 aromatic heterocycles. The minimum Gasteiger partial charge on any atom is -0.388 e.